The van der Waals surface area contributed by atoms with Crippen LogP contribution in [-0.2, 0) is 6.54 Å². The number of piperazine rings is 1. The summed E-state index contributed by atoms with van der Waals surface area (Å²) < 4.78 is 1.98. The Kier molecular flexibility index (Phi) is 6.64. The van der Waals surface area contributed by atoms with Crippen molar-refractivity contribution >= 4 is 23.2 Å². The molecule has 11 heteroatoms. The molecule has 0 bridgehead atoms. The van der Waals surface area contributed by atoms with E-state index in [4.69, 9.17) is 15.7 Å². The van der Waals surface area contributed by atoms with Crippen LogP contribution >= 0.6 is 0 Å². The number of nitrogens with two attached hydrogens (primary N) is 1. The Bertz CT molecular complexity index is 1680. The van der Waals surface area contributed by atoms with Crippen LogP contribution in [0.3, 0.4) is 0 Å². The van der Waals surface area contributed by atoms with Gasteiger partial charge in [0.25, 0.3) is 5.91 Å². The zero-order chi connectivity index (χ0) is 27.8. The Hall–Kier alpha value is -4.77. The number of aryl methyl sites for hydroxylation is 1. The van der Waals surface area contributed by atoms with E-state index in [0.717, 1.165) is 53.7 Å². The lowest BCUT2D eigenvalue weighted by molar-refractivity contribution is 0.0946. The summed E-state index contributed by atoms with van der Waals surface area (Å²) in [6.45, 7) is 7.30. The van der Waals surface area contributed by atoms with Crippen LogP contribution in [0.25, 0.3) is 28.3 Å². The highest BCUT2D eigenvalue weighted by Gasteiger charge is 2.24. The minimum Gasteiger partial charge on any atom is -0.382 e. The summed E-state index contributed by atoms with van der Waals surface area (Å²) in [5.41, 5.74) is 11.6. The molecule has 6 rings (SSSR count). The number of H-pyrrole nitrogens is 1. The summed E-state index contributed by atoms with van der Waals surface area (Å²) in [7, 11) is 2.13. The van der Waals surface area contributed by atoms with E-state index in [1.165, 1.54) is 0 Å². The molecular formula is C29H32N10O. The van der Waals surface area contributed by atoms with E-state index in [1.54, 1.807) is 0 Å². The molecule has 1 saturated heterocycles. The Morgan fingerprint density at radius 1 is 1.10 bits per heavy atom. The maximum absolute atomic E-state index is 13.4. The van der Waals surface area contributed by atoms with Crippen molar-refractivity contribution < 1.29 is 4.79 Å². The predicted molar refractivity (Wildman–Crippen MR) is 155 cm³/mol. The van der Waals surface area contributed by atoms with Crippen LogP contribution in [0.4, 0.5) is 11.6 Å². The van der Waals surface area contributed by atoms with Gasteiger partial charge in [0.2, 0.25) is 0 Å². The standard InChI is InChI=1S/C29H32N10O/c1-18-14-32-23-10-9-20(17-39(18)23)25-26(22-7-5-11-31-22)36-28(30)27(35-25)29(40)33-15-21-6-4-8-24(34-21)38-13-12-37(3)16-19(38)2/h4-11,14,17,19,31H,12-13,15-16H2,1-3H3,(H2,30,36)(H,33,40)/t19-/m0/s1. The smallest absolute Gasteiger partial charge is 0.274 e. The number of hydrogen-bond donors (Lipinski definition) is 3. The molecule has 0 radical (unpaired) electrons. The Labute approximate surface area is 232 Å². The number of hydrogen-bond acceptors (Lipinski definition) is 8. The molecule has 0 unspecified atom stereocenters. The number of pyridine rings is 2. The monoisotopic (exact) mass is 536 g/mol. The van der Waals surface area contributed by atoms with Gasteiger partial charge in [-0.1, -0.05) is 6.07 Å². The molecular weight excluding hydrogens is 504 g/mol. The Morgan fingerprint density at radius 3 is 2.77 bits per heavy atom. The van der Waals surface area contributed by atoms with Crippen LogP contribution in [0.15, 0.2) is 61.1 Å². The van der Waals surface area contributed by atoms with Gasteiger partial charge in [-0.2, -0.15) is 0 Å². The molecule has 0 saturated carbocycles. The van der Waals surface area contributed by atoms with Gasteiger partial charge < -0.3 is 30.2 Å². The number of nitrogens with zero attached hydrogens (tertiary/aromatic N) is 7. The fourth-order valence-electron chi connectivity index (χ4n) is 5.18. The highest BCUT2D eigenvalue weighted by Crippen LogP contribution is 2.30. The molecule has 1 fully saturated rings. The lowest BCUT2D eigenvalue weighted by Gasteiger charge is -2.39. The predicted octanol–water partition coefficient (Wildman–Crippen LogP) is 3.14. The third-order valence-corrected chi connectivity index (χ3v) is 7.30. The summed E-state index contributed by atoms with van der Waals surface area (Å²) >= 11 is 0. The minimum absolute atomic E-state index is 0.0544. The maximum atomic E-state index is 13.4. The average Bonchev–Trinajstić information content (AvgIpc) is 3.62. The van der Waals surface area contributed by atoms with Crippen LogP contribution in [0.1, 0.15) is 28.8 Å². The maximum Gasteiger partial charge on any atom is 0.274 e. The van der Waals surface area contributed by atoms with Gasteiger partial charge in [-0.15, -0.1) is 0 Å². The number of rotatable bonds is 6. The van der Waals surface area contributed by atoms with Gasteiger partial charge in [0.05, 0.1) is 17.9 Å². The first-order valence-corrected chi connectivity index (χ1v) is 13.3. The topological polar surface area (TPSA) is 133 Å². The molecule has 0 aliphatic carbocycles. The summed E-state index contributed by atoms with van der Waals surface area (Å²) in [5, 5.41) is 2.94. The Balaban J connectivity index is 1.28. The van der Waals surface area contributed by atoms with Gasteiger partial charge in [0, 0.05) is 55.5 Å². The fourth-order valence-corrected chi connectivity index (χ4v) is 5.18. The molecule has 40 heavy (non-hydrogen) atoms. The van der Waals surface area contributed by atoms with E-state index in [2.05, 4.69) is 44.0 Å². The van der Waals surface area contributed by atoms with Gasteiger partial charge >= 0.3 is 0 Å². The van der Waals surface area contributed by atoms with E-state index in [-0.39, 0.29) is 18.1 Å². The second kappa shape index (κ2) is 10.4. The zero-order valence-electron chi connectivity index (χ0n) is 22.8. The number of fused-ring (bicyclic) bond motifs is 1. The molecule has 1 aliphatic heterocycles. The van der Waals surface area contributed by atoms with E-state index in [0.29, 0.717) is 17.4 Å². The van der Waals surface area contributed by atoms with Crippen molar-refractivity contribution in [2.75, 3.05) is 37.3 Å². The first kappa shape index (κ1) is 25.5. The van der Waals surface area contributed by atoms with E-state index in [9.17, 15) is 4.79 Å². The summed E-state index contributed by atoms with van der Waals surface area (Å²) in [4.78, 5) is 39.8. The summed E-state index contributed by atoms with van der Waals surface area (Å²) in [6, 6.07) is 13.9. The van der Waals surface area contributed by atoms with Gasteiger partial charge in [-0.25, -0.2) is 19.9 Å². The van der Waals surface area contributed by atoms with Crippen molar-refractivity contribution in [3.8, 4) is 22.6 Å². The van der Waals surface area contributed by atoms with Crippen molar-refractivity contribution in [2.24, 2.45) is 0 Å². The van der Waals surface area contributed by atoms with E-state index < -0.39 is 5.91 Å². The number of imidazole rings is 1. The van der Waals surface area contributed by atoms with Crippen molar-refractivity contribution in [1.82, 2.24) is 39.5 Å². The minimum atomic E-state index is -0.413. The van der Waals surface area contributed by atoms with E-state index >= 15 is 0 Å². The molecule has 1 atom stereocenters. The van der Waals surface area contributed by atoms with Gasteiger partial charge in [-0.05, 0) is 57.3 Å². The number of nitrogens with one attached hydrogen (secondary N) is 2. The molecule has 204 valence electrons. The van der Waals surface area contributed by atoms with Crippen LogP contribution in [0.2, 0.25) is 0 Å². The van der Waals surface area contributed by atoms with E-state index in [1.807, 2.05) is 72.4 Å². The van der Waals surface area contributed by atoms with Crippen LogP contribution < -0.4 is 16.0 Å². The second-order valence-electron chi connectivity index (χ2n) is 10.3. The second-order valence-corrected chi connectivity index (χ2v) is 10.3. The first-order chi connectivity index (χ1) is 19.4. The summed E-state index contributed by atoms with van der Waals surface area (Å²) in [5.74, 6) is 0.553. The fraction of sp³-hybridized carbons (Fsp3) is 0.276. The molecule has 4 N–H and O–H groups in total. The van der Waals surface area contributed by atoms with Crippen molar-refractivity contribution in [3.05, 3.63) is 78.1 Å². The number of aromatic nitrogens is 6. The quantitative estimate of drug-likeness (QED) is 0.301. The summed E-state index contributed by atoms with van der Waals surface area (Å²) in [6.07, 6.45) is 5.57. The third kappa shape index (κ3) is 4.87. The lowest BCUT2D eigenvalue weighted by atomic mass is 10.1. The molecule has 0 aromatic carbocycles. The number of likely N-dealkylation sites (N-methyl/N-ethyl adjacent to an activating group) is 1. The van der Waals surface area contributed by atoms with Gasteiger partial charge in [-0.3, -0.25) is 4.79 Å². The molecule has 5 aromatic heterocycles. The molecule has 1 amide bonds. The van der Waals surface area contributed by atoms with Crippen LogP contribution in [-0.4, -0.2) is 72.9 Å². The van der Waals surface area contributed by atoms with Gasteiger partial charge in [0.15, 0.2) is 11.5 Å². The number of nitrogen functional groups attached to an aromatic ring is 1. The molecule has 1 aliphatic rings. The highest BCUT2D eigenvalue weighted by molar-refractivity contribution is 5.97. The van der Waals surface area contributed by atoms with Crippen molar-refractivity contribution in [2.45, 2.75) is 26.4 Å². The number of amides is 1. The van der Waals surface area contributed by atoms with Crippen molar-refractivity contribution in [1.29, 1.82) is 0 Å². The molecule has 11 nitrogen and oxygen atoms in total. The van der Waals surface area contributed by atoms with Gasteiger partial charge in [0.1, 0.15) is 22.9 Å². The van der Waals surface area contributed by atoms with Crippen molar-refractivity contribution in [3.63, 3.8) is 0 Å². The number of anilines is 2. The lowest BCUT2D eigenvalue weighted by Crippen LogP contribution is -2.50. The SMILES string of the molecule is Cc1cnc2ccc(-c3nc(C(=O)NCc4cccc(N5CCN(C)C[C@@H]5C)n4)c(N)nc3-c3ccc[nH]3)cn12. The zero-order valence-corrected chi connectivity index (χ0v) is 22.8. The molecule has 5 aromatic rings. The first-order valence-electron chi connectivity index (χ1n) is 13.3. The largest absolute Gasteiger partial charge is 0.382 e. The molecule has 6 heterocycles. The third-order valence-electron chi connectivity index (χ3n) is 7.30. The average molecular weight is 537 g/mol. The highest BCUT2D eigenvalue weighted by atomic mass is 16.1. The normalized spacial score (nSPS) is 16.0. The van der Waals surface area contributed by atoms with Crippen LogP contribution in [0, 0.1) is 6.92 Å². The number of carbonyl (C=O) groups is 1. The number of carbonyl (C=O) groups excluding carboxylic acids is 1. The van der Waals surface area contributed by atoms with Crippen LogP contribution in [0.5, 0.6) is 0 Å². The molecule has 0 spiro atoms. The Morgan fingerprint density at radius 2 is 1.98 bits per heavy atom. The number of aromatic amines is 1.